The minimum absolute atomic E-state index is 0.148. The van der Waals surface area contributed by atoms with Gasteiger partial charge in [0.05, 0.1) is 5.60 Å². The van der Waals surface area contributed by atoms with Crippen molar-refractivity contribution in [3.8, 4) is 0 Å². The molecule has 0 aliphatic heterocycles. The molecule has 1 atom stereocenters. The zero-order valence-electron chi connectivity index (χ0n) is 10.7. The molecule has 1 fully saturated rings. The smallest absolute Gasteiger partial charge is 0.0896 e. The van der Waals surface area contributed by atoms with E-state index < -0.39 is 5.60 Å². The second-order valence-corrected chi connectivity index (χ2v) is 6.25. The summed E-state index contributed by atoms with van der Waals surface area (Å²) in [6.45, 7) is 8.57. The summed E-state index contributed by atoms with van der Waals surface area (Å²) in [7, 11) is 0. The van der Waals surface area contributed by atoms with Crippen LogP contribution in [0.15, 0.2) is 24.3 Å². The summed E-state index contributed by atoms with van der Waals surface area (Å²) in [6.07, 6.45) is 2.32. The highest BCUT2D eigenvalue weighted by molar-refractivity contribution is 5.32. The third kappa shape index (κ3) is 2.15. The van der Waals surface area contributed by atoms with Gasteiger partial charge in [-0.3, -0.25) is 0 Å². The molecule has 1 N–H and O–H groups in total. The second-order valence-electron chi connectivity index (χ2n) is 6.25. The maximum absolute atomic E-state index is 10.5. The van der Waals surface area contributed by atoms with Crippen LogP contribution in [0.4, 0.5) is 0 Å². The molecule has 16 heavy (non-hydrogen) atoms. The van der Waals surface area contributed by atoms with Gasteiger partial charge < -0.3 is 5.11 Å². The second kappa shape index (κ2) is 3.59. The van der Waals surface area contributed by atoms with Crippen LogP contribution in [0.5, 0.6) is 0 Å². The van der Waals surface area contributed by atoms with Gasteiger partial charge in [-0.05, 0) is 42.2 Å². The lowest BCUT2D eigenvalue weighted by Gasteiger charge is -2.26. The summed E-state index contributed by atoms with van der Waals surface area (Å²) in [5.41, 5.74) is 1.88. The predicted molar refractivity (Wildman–Crippen MR) is 67.4 cm³/mol. The molecule has 0 spiro atoms. The molecule has 1 aromatic carbocycles. The third-order valence-corrected chi connectivity index (χ3v) is 3.69. The molecule has 0 radical (unpaired) electrons. The Hall–Kier alpha value is -0.820. The minimum atomic E-state index is -0.638. The molecule has 1 aromatic rings. The maximum Gasteiger partial charge on any atom is 0.0896 e. The number of rotatable bonds is 2. The molecule has 1 heteroatoms. The van der Waals surface area contributed by atoms with E-state index in [1.807, 2.05) is 13.0 Å². The van der Waals surface area contributed by atoms with Gasteiger partial charge in [0, 0.05) is 0 Å². The molecule has 1 nitrogen and oxygen atoms in total. The Labute approximate surface area is 98.5 Å². The Balaban J connectivity index is 2.35. The highest BCUT2D eigenvalue weighted by Crippen LogP contribution is 2.45. The van der Waals surface area contributed by atoms with Crippen LogP contribution in [0.3, 0.4) is 0 Å². The number of hydrogen-bond donors (Lipinski definition) is 1. The first kappa shape index (κ1) is 11.7. The maximum atomic E-state index is 10.5. The highest BCUT2D eigenvalue weighted by Gasteiger charge is 2.41. The van der Waals surface area contributed by atoms with Crippen molar-refractivity contribution in [3.05, 3.63) is 35.4 Å². The fraction of sp³-hybridized carbons (Fsp3) is 0.600. The first-order valence-electron chi connectivity index (χ1n) is 6.15. The molecule has 0 unspecified atom stereocenters. The quantitative estimate of drug-likeness (QED) is 0.804. The van der Waals surface area contributed by atoms with Gasteiger partial charge in [0.2, 0.25) is 0 Å². The van der Waals surface area contributed by atoms with Crippen LogP contribution in [0, 0.1) is 5.92 Å². The molecular weight excluding hydrogens is 196 g/mol. The van der Waals surface area contributed by atoms with Crippen molar-refractivity contribution in [1.29, 1.82) is 0 Å². The van der Waals surface area contributed by atoms with Gasteiger partial charge in [-0.2, -0.15) is 0 Å². The van der Waals surface area contributed by atoms with Crippen molar-refractivity contribution in [2.24, 2.45) is 5.92 Å². The van der Waals surface area contributed by atoms with Crippen LogP contribution >= 0.6 is 0 Å². The molecule has 1 aliphatic rings. The Morgan fingerprint density at radius 2 is 1.62 bits per heavy atom. The third-order valence-electron chi connectivity index (χ3n) is 3.69. The molecule has 0 heterocycles. The molecule has 0 bridgehead atoms. The van der Waals surface area contributed by atoms with Crippen LogP contribution < -0.4 is 0 Å². The average Bonchev–Trinajstić information content (AvgIpc) is 3.00. The van der Waals surface area contributed by atoms with Gasteiger partial charge in [-0.15, -0.1) is 0 Å². The number of benzene rings is 1. The molecule has 0 amide bonds. The molecule has 0 saturated heterocycles. The fourth-order valence-corrected chi connectivity index (χ4v) is 2.18. The summed E-state index contributed by atoms with van der Waals surface area (Å²) in [5, 5.41) is 10.5. The van der Waals surface area contributed by atoms with Crippen molar-refractivity contribution in [2.45, 2.75) is 51.6 Å². The van der Waals surface area contributed by atoms with E-state index in [1.165, 1.54) is 5.56 Å². The van der Waals surface area contributed by atoms with Crippen molar-refractivity contribution in [1.82, 2.24) is 0 Å². The first-order valence-corrected chi connectivity index (χ1v) is 6.15. The lowest BCUT2D eigenvalue weighted by molar-refractivity contribution is 0.0329. The van der Waals surface area contributed by atoms with Gasteiger partial charge in [0.25, 0.3) is 0 Å². The van der Waals surface area contributed by atoms with Gasteiger partial charge >= 0.3 is 0 Å². The summed E-state index contributed by atoms with van der Waals surface area (Å²) < 4.78 is 0. The molecule has 0 aromatic heterocycles. The number of aliphatic hydroxyl groups is 1. The van der Waals surface area contributed by atoms with Crippen molar-refractivity contribution < 1.29 is 5.11 Å². The Morgan fingerprint density at radius 1 is 1.06 bits per heavy atom. The highest BCUT2D eigenvalue weighted by atomic mass is 16.3. The van der Waals surface area contributed by atoms with E-state index in [9.17, 15) is 5.11 Å². The fourth-order valence-electron chi connectivity index (χ4n) is 2.18. The van der Waals surface area contributed by atoms with E-state index >= 15 is 0 Å². The summed E-state index contributed by atoms with van der Waals surface area (Å²) >= 11 is 0. The van der Waals surface area contributed by atoms with Crippen LogP contribution in [-0.2, 0) is 11.0 Å². The monoisotopic (exact) mass is 218 g/mol. The van der Waals surface area contributed by atoms with Gasteiger partial charge in [-0.25, -0.2) is 0 Å². The van der Waals surface area contributed by atoms with E-state index in [-0.39, 0.29) is 5.41 Å². The average molecular weight is 218 g/mol. The summed E-state index contributed by atoms with van der Waals surface area (Å²) in [6, 6.07) is 8.42. The SMILES string of the molecule is CC(C)(C)c1cccc([C@@](C)(O)C2CC2)c1. The van der Waals surface area contributed by atoms with Gasteiger partial charge in [-0.1, -0.05) is 45.0 Å². The number of hydrogen-bond acceptors (Lipinski definition) is 1. The standard InChI is InChI=1S/C15H22O/c1-14(2,3)12-6-5-7-13(10-12)15(4,16)11-8-9-11/h5-7,10-11,16H,8-9H2,1-4H3/t15-/m0/s1. The van der Waals surface area contributed by atoms with E-state index in [0.717, 1.165) is 18.4 Å². The van der Waals surface area contributed by atoms with Crippen molar-refractivity contribution in [3.63, 3.8) is 0 Å². The van der Waals surface area contributed by atoms with Crippen LogP contribution in [0.2, 0.25) is 0 Å². The summed E-state index contributed by atoms with van der Waals surface area (Å²) in [5.74, 6) is 0.461. The molecule has 1 aliphatic carbocycles. The Kier molecular flexibility index (Phi) is 2.62. The topological polar surface area (TPSA) is 20.2 Å². The largest absolute Gasteiger partial charge is 0.385 e. The van der Waals surface area contributed by atoms with Crippen LogP contribution in [0.1, 0.15) is 51.7 Å². The van der Waals surface area contributed by atoms with Gasteiger partial charge in [0.15, 0.2) is 0 Å². The van der Waals surface area contributed by atoms with E-state index in [0.29, 0.717) is 5.92 Å². The lowest BCUT2D eigenvalue weighted by atomic mass is 9.82. The molecule has 2 rings (SSSR count). The van der Waals surface area contributed by atoms with Gasteiger partial charge in [0.1, 0.15) is 0 Å². The Morgan fingerprint density at radius 3 is 2.12 bits per heavy atom. The summed E-state index contributed by atoms with van der Waals surface area (Å²) in [4.78, 5) is 0. The zero-order valence-corrected chi connectivity index (χ0v) is 10.7. The van der Waals surface area contributed by atoms with Crippen LogP contribution in [-0.4, -0.2) is 5.11 Å². The minimum Gasteiger partial charge on any atom is -0.385 e. The van der Waals surface area contributed by atoms with E-state index in [1.54, 1.807) is 0 Å². The Bertz CT molecular complexity index is 381. The molecule has 88 valence electrons. The van der Waals surface area contributed by atoms with Crippen molar-refractivity contribution in [2.75, 3.05) is 0 Å². The van der Waals surface area contributed by atoms with E-state index in [4.69, 9.17) is 0 Å². The first-order chi connectivity index (χ1) is 7.32. The predicted octanol–water partition coefficient (Wildman–Crippen LogP) is 3.60. The lowest BCUT2D eigenvalue weighted by Crippen LogP contribution is -2.24. The molecule has 1 saturated carbocycles. The van der Waals surface area contributed by atoms with E-state index in [2.05, 4.69) is 39.0 Å². The van der Waals surface area contributed by atoms with Crippen LogP contribution in [0.25, 0.3) is 0 Å². The normalized spacial score (nSPS) is 20.6. The van der Waals surface area contributed by atoms with Crippen molar-refractivity contribution >= 4 is 0 Å². The zero-order chi connectivity index (χ0) is 12.0. The molecular formula is C15H22O.